The van der Waals surface area contributed by atoms with Crippen molar-refractivity contribution in [1.82, 2.24) is 5.32 Å². The molecular formula is C21H29NO5. The summed E-state index contributed by atoms with van der Waals surface area (Å²) in [6.45, 7) is 1.07. The van der Waals surface area contributed by atoms with E-state index in [2.05, 4.69) is 5.32 Å². The molecule has 1 aromatic carbocycles. The zero-order valence-electron chi connectivity index (χ0n) is 15.8. The number of esters is 1. The van der Waals surface area contributed by atoms with Gasteiger partial charge in [0.15, 0.2) is 6.61 Å². The highest BCUT2D eigenvalue weighted by Crippen LogP contribution is 2.18. The van der Waals surface area contributed by atoms with E-state index in [1.54, 1.807) is 24.3 Å². The van der Waals surface area contributed by atoms with Gasteiger partial charge in [-0.05, 0) is 49.9 Å². The zero-order valence-corrected chi connectivity index (χ0v) is 15.8. The Morgan fingerprint density at radius 2 is 1.74 bits per heavy atom. The molecule has 1 heterocycles. The van der Waals surface area contributed by atoms with Crippen molar-refractivity contribution in [2.45, 2.75) is 63.5 Å². The van der Waals surface area contributed by atoms with Crippen LogP contribution in [0.1, 0.15) is 61.7 Å². The third-order valence-electron chi connectivity index (χ3n) is 5.10. The molecule has 1 aliphatic heterocycles. The number of amides is 1. The van der Waals surface area contributed by atoms with Crippen molar-refractivity contribution in [3.63, 3.8) is 0 Å². The first kappa shape index (κ1) is 19.7. The van der Waals surface area contributed by atoms with Crippen LogP contribution in [0.2, 0.25) is 0 Å². The summed E-state index contributed by atoms with van der Waals surface area (Å²) in [5.41, 5.74) is 0.404. The van der Waals surface area contributed by atoms with Gasteiger partial charge >= 0.3 is 5.97 Å². The van der Waals surface area contributed by atoms with Crippen molar-refractivity contribution in [2.24, 2.45) is 0 Å². The van der Waals surface area contributed by atoms with Gasteiger partial charge < -0.3 is 19.5 Å². The predicted molar refractivity (Wildman–Crippen MR) is 101 cm³/mol. The highest BCUT2D eigenvalue weighted by atomic mass is 16.5. The molecule has 1 N–H and O–H groups in total. The van der Waals surface area contributed by atoms with E-state index in [9.17, 15) is 9.59 Å². The third-order valence-corrected chi connectivity index (χ3v) is 5.10. The van der Waals surface area contributed by atoms with Crippen LogP contribution in [-0.2, 0) is 14.3 Å². The van der Waals surface area contributed by atoms with Gasteiger partial charge in [-0.1, -0.05) is 25.7 Å². The second-order valence-electron chi connectivity index (χ2n) is 7.30. The van der Waals surface area contributed by atoms with Gasteiger partial charge in [0.1, 0.15) is 12.4 Å². The third kappa shape index (κ3) is 6.54. The maximum atomic E-state index is 12.1. The van der Waals surface area contributed by atoms with Crippen LogP contribution in [0, 0.1) is 0 Å². The number of carbonyl (C=O) groups excluding carboxylic acids is 2. The summed E-state index contributed by atoms with van der Waals surface area (Å²) in [6.07, 6.45) is 9.02. The molecule has 1 atom stereocenters. The molecule has 2 aliphatic rings. The van der Waals surface area contributed by atoms with E-state index in [-0.39, 0.29) is 24.7 Å². The van der Waals surface area contributed by atoms with Crippen LogP contribution >= 0.6 is 0 Å². The summed E-state index contributed by atoms with van der Waals surface area (Å²) in [5.74, 6) is -0.0448. The summed E-state index contributed by atoms with van der Waals surface area (Å²) < 4.78 is 16.3. The normalized spacial score (nSPS) is 20.7. The fraction of sp³-hybridized carbons (Fsp3) is 0.619. The molecule has 1 amide bonds. The SMILES string of the molecule is O=C(COC(=O)c1ccc(OC[C@@H]2CCCO2)cc1)NC1CCCCCC1. The Hall–Kier alpha value is -2.08. The van der Waals surface area contributed by atoms with Gasteiger partial charge in [-0.25, -0.2) is 4.79 Å². The van der Waals surface area contributed by atoms with Crippen LogP contribution in [0.25, 0.3) is 0 Å². The lowest BCUT2D eigenvalue weighted by molar-refractivity contribution is -0.125. The van der Waals surface area contributed by atoms with Gasteiger partial charge in [-0.3, -0.25) is 4.79 Å². The molecule has 1 saturated carbocycles. The van der Waals surface area contributed by atoms with Crippen LogP contribution in [-0.4, -0.2) is 43.8 Å². The van der Waals surface area contributed by atoms with Crippen LogP contribution in [0.3, 0.4) is 0 Å². The second-order valence-corrected chi connectivity index (χ2v) is 7.30. The molecule has 6 nitrogen and oxygen atoms in total. The molecule has 0 bridgehead atoms. The van der Waals surface area contributed by atoms with Crippen LogP contribution in [0.4, 0.5) is 0 Å². The van der Waals surface area contributed by atoms with Crippen LogP contribution < -0.4 is 10.1 Å². The van der Waals surface area contributed by atoms with Crippen LogP contribution in [0.15, 0.2) is 24.3 Å². The minimum Gasteiger partial charge on any atom is -0.491 e. The number of nitrogens with one attached hydrogen (secondary N) is 1. The molecule has 0 radical (unpaired) electrons. The van der Waals surface area contributed by atoms with Crippen molar-refractivity contribution >= 4 is 11.9 Å². The van der Waals surface area contributed by atoms with Crippen molar-refractivity contribution in [1.29, 1.82) is 0 Å². The molecule has 27 heavy (non-hydrogen) atoms. The predicted octanol–water partition coefficient (Wildman–Crippen LogP) is 3.24. The van der Waals surface area contributed by atoms with E-state index in [4.69, 9.17) is 14.2 Å². The highest BCUT2D eigenvalue weighted by molar-refractivity contribution is 5.91. The number of carbonyl (C=O) groups is 2. The Kier molecular flexibility index (Phi) is 7.51. The molecule has 1 aromatic rings. The standard InChI is InChI=1S/C21H29NO5/c23-20(22-17-6-3-1-2-4-7-17)15-27-21(24)16-9-11-18(12-10-16)26-14-19-8-5-13-25-19/h9-12,17,19H,1-8,13-15H2,(H,22,23)/t19-/m0/s1. The first-order valence-corrected chi connectivity index (χ1v) is 10.0. The van der Waals surface area contributed by atoms with Gasteiger partial charge in [0, 0.05) is 12.6 Å². The Balaban J connectivity index is 1.38. The molecule has 0 unspecified atom stereocenters. The van der Waals surface area contributed by atoms with Gasteiger partial charge in [0.25, 0.3) is 5.91 Å². The average molecular weight is 375 g/mol. The molecule has 0 spiro atoms. The number of hydrogen-bond acceptors (Lipinski definition) is 5. The van der Waals surface area contributed by atoms with Gasteiger partial charge in [-0.2, -0.15) is 0 Å². The smallest absolute Gasteiger partial charge is 0.338 e. The monoisotopic (exact) mass is 375 g/mol. The molecule has 0 aromatic heterocycles. The quantitative estimate of drug-likeness (QED) is 0.585. The van der Waals surface area contributed by atoms with E-state index < -0.39 is 5.97 Å². The summed E-state index contributed by atoms with van der Waals surface area (Å²) in [4.78, 5) is 24.1. The van der Waals surface area contributed by atoms with Gasteiger partial charge in [0.2, 0.25) is 0 Å². The van der Waals surface area contributed by atoms with Gasteiger partial charge in [-0.15, -0.1) is 0 Å². The van der Waals surface area contributed by atoms with E-state index in [1.807, 2.05) is 0 Å². The lowest BCUT2D eigenvalue weighted by Crippen LogP contribution is -2.37. The van der Waals surface area contributed by atoms with Crippen molar-refractivity contribution in [3.05, 3.63) is 29.8 Å². The average Bonchev–Trinajstić information content (AvgIpc) is 3.08. The number of benzene rings is 1. The molecular weight excluding hydrogens is 346 g/mol. The maximum absolute atomic E-state index is 12.1. The van der Waals surface area contributed by atoms with Gasteiger partial charge in [0.05, 0.1) is 11.7 Å². The van der Waals surface area contributed by atoms with Crippen LogP contribution in [0.5, 0.6) is 5.75 Å². The topological polar surface area (TPSA) is 73.9 Å². The minimum atomic E-state index is -0.503. The molecule has 6 heteroatoms. The fourth-order valence-corrected chi connectivity index (χ4v) is 3.56. The Labute approximate surface area is 160 Å². The molecule has 1 saturated heterocycles. The lowest BCUT2D eigenvalue weighted by atomic mass is 10.1. The van der Waals surface area contributed by atoms with Crippen molar-refractivity contribution in [2.75, 3.05) is 19.8 Å². The Bertz CT molecular complexity index is 602. The summed E-state index contributed by atoms with van der Waals surface area (Å²) >= 11 is 0. The highest BCUT2D eigenvalue weighted by Gasteiger charge is 2.17. The number of ether oxygens (including phenoxy) is 3. The first-order chi connectivity index (χ1) is 13.2. The van der Waals surface area contributed by atoms with Crippen molar-refractivity contribution in [3.8, 4) is 5.75 Å². The number of rotatable bonds is 7. The number of hydrogen-bond donors (Lipinski definition) is 1. The summed E-state index contributed by atoms with van der Waals surface area (Å²) in [5, 5.41) is 2.97. The van der Waals surface area contributed by atoms with E-state index in [1.165, 1.54) is 12.8 Å². The molecule has 148 valence electrons. The second kappa shape index (κ2) is 10.3. The van der Waals surface area contributed by atoms with Crippen molar-refractivity contribution < 1.29 is 23.8 Å². The Morgan fingerprint density at radius 3 is 2.41 bits per heavy atom. The molecule has 3 rings (SSSR count). The molecule has 2 fully saturated rings. The van der Waals surface area contributed by atoms with E-state index >= 15 is 0 Å². The van der Waals surface area contributed by atoms with E-state index in [0.29, 0.717) is 17.9 Å². The minimum absolute atomic E-state index is 0.154. The van der Waals surface area contributed by atoms with E-state index in [0.717, 1.165) is 45.1 Å². The first-order valence-electron chi connectivity index (χ1n) is 10.0. The zero-order chi connectivity index (χ0) is 18.9. The lowest BCUT2D eigenvalue weighted by Gasteiger charge is -2.16. The molecule has 1 aliphatic carbocycles. The fourth-order valence-electron chi connectivity index (χ4n) is 3.56. The largest absolute Gasteiger partial charge is 0.491 e. The summed E-state index contributed by atoms with van der Waals surface area (Å²) in [7, 11) is 0. The summed E-state index contributed by atoms with van der Waals surface area (Å²) in [6, 6.07) is 6.97. The Morgan fingerprint density at radius 1 is 1.00 bits per heavy atom. The maximum Gasteiger partial charge on any atom is 0.338 e.